The van der Waals surface area contributed by atoms with Gasteiger partial charge in [-0.25, -0.2) is 0 Å². The van der Waals surface area contributed by atoms with Crippen molar-refractivity contribution in [3.8, 4) is 11.3 Å². The van der Waals surface area contributed by atoms with E-state index in [-0.39, 0.29) is 24.4 Å². The van der Waals surface area contributed by atoms with Crippen LogP contribution in [0.2, 0.25) is 0 Å². The van der Waals surface area contributed by atoms with Gasteiger partial charge in [0.2, 0.25) is 5.91 Å². The molecule has 27 heavy (non-hydrogen) atoms. The van der Waals surface area contributed by atoms with Crippen LogP contribution in [0.4, 0.5) is 0 Å². The van der Waals surface area contributed by atoms with Gasteiger partial charge in [0.1, 0.15) is 5.69 Å². The molecule has 1 fully saturated rings. The van der Waals surface area contributed by atoms with Crippen LogP contribution in [0.15, 0.2) is 36.4 Å². The first-order valence-corrected chi connectivity index (χ1v) is 8.96. The van der Waals surface area contributed by atoms with Crippen LogP contribution < -0.4 is 5.32 Å². The minimum atomic E-state index is -0.728. The molecule has 2 heterocycles. The fourth-order valence-corrected chi connectivity index (χ4v) is 3.08. The molecular weight excluding hydrogens is 346 g/mol. The maximum absolute atomic E-state index is 12.5. The maximum atomic E-state index is 12.5. The van der Waals surface area contributed by atoms with E-state index < -0.39 is 6.10 Å². The number of aliphatic hydroxyl groups excluding tert-OH is 1. The SMILES string of the molecule is CN(C)C(=O)CN1CC[C@@H](NC(=O)c2cc(-c3ccccc3)n[nH]2)[C@H](O)C1. The van der Waals surface area contributed by atoms with Gasteiger partial charge in [0.05, 0.1) is 24.4 Å². The number of rotatable bonds is 5. The molecule has 8 nitrogen and oxygen atoms in total. The first-order valence-electron chi connectivity index (χ1n) is 8.96. The molecule has 0 unspecified atom stereocenters. The van der Waals surface area contributed by atoms with Gasteiger partial charge in [-0.1, -0.05) is 30.3 Å². The van der Waals surface area contributed by atoms with E-state index in [2.05, 4.69) is 15.5 Å². The third-order valence-corrected chi connectivity index (χ3v) is 4.73. The quantitative estimate of drug-likeness (QED) is 0.703. The van der Waals surface area contributed by atoms with Gasteiger partial charge in [0.15, 0.2) is 0 Å². The summed E-state index contributed by atoms with van der Waals surface area (Å²) < 4.78 is 0. The van der Waals surface area contributed by atoms with Gasteiger partial charge >= 0.3 is 0 Å². The van der Waals surface area contributed by atoms with Gasteiger partial charge in [-0.2, -0.15) is 5.10 Å². The number of amides is 2. The van der Waals surface area contributed by atoms with E-state index in [1.165, 1.54) is 4.90 Å². The summed E-state index contributed by atoms with van der Waals surface area (Å²) in [6.45, 7) is 1.26. The van der Waals surface area contributed by atoms with Crippen LogP contribution in [0, 0.1) is 0 Å². The Kier molecular flexibility index (Phi) is 5.88. The lowest BCUT2D eigenvalue weighted by Gasteiger charge is -2.36. The first-order chi connectivity index (χ1) is 12.9. The summed E-state index contributed by atoms with van der Waals surface area (Å²) in [4.78, 5) is 27.7. The number of likely N-dealkylation sites (N-methyl/N-ethyl adjacent to an activating group) is 1. The molecule has 144 valence electrons. The van der Waals surface area contributed by atoms with Crippen molar-refractivity contribution in [1.82, 2.24) is 25.3 Å². The Labute approximate surface area is 158 Å². The highest BCUT2D eigenvalue weighted by Crippen LogP contribution is 2.17. The number of aromatic nitrogens is 2. The van der Waals surface area contributed by atoms with Crippen molar-refractivity contribution in [2.24, 2.45) is 0 Å². The molecule has 1 saturated heterocycles. The number of β-amino-alcohol motifs (C(OH)–C–C–N with tert-alkyl or cyclic N) is 1. The number of H-pyrrole nitrogens is 1. The van der Waals surface area contributed by atoms with E-state index in [0.717, 1.165) is 5.56 Å². The topological polar surface area (TPSA) is 102 Å². The second kappa shape index (κ2) is 8.32. The molecule has 0 bridgehead atoms. The predicted molar refractivity (Wildman–Crippen MR) is 101 cm³/mol. The zero-order valence-corrected chi connectivity index (χ0v) is 15.6. The molecule has 2 atom stereocenters. The fourth-order valence-electron chi connectivity index (χ4n) is 3.08. The van der Waals surface area contributed by atoms with Crippen LogP contribution >= 0.6 is 0 Å². The lowest BCUT2D eigenvalue weighted by atomic mass is 10.0. The van der Waals surface area contributed by atoms with Crippen molar-refractivity contribution >= 4 is 11.8 Å². The third kappa shape index (κ3) is 4.72. The van der Waals surface area contributed by atoms with Crippen LogP contribution in [0.1, 0.15) is 16.9 Å². The summed E-state index contributed by atoms with van der Waals surface area (Å²) in [5, 5.41) is 20.2. The lowest BCUT2D eigenvalue weighted by molar-refractivity contribution is -0.130. The number of hydrogen-bond donors (Lipinski definition) is 3. The van der Waals surface area contributed by atoms with Crippen molar-refractivity contribution in [1.29, 1.82) is 0 Å². The molecule has 0 spiro atoms. The molecule has 2 aromatic rings. The van der Waals surface area contributed by atoms with Gasteiger partial charge < -0.3 is 15.3 Å². The molecule has 0 aliphatic carbocycles. The molecule has 0 radical (unpaired) electrons. The van der Waals surface area contributed by atoms with Crippen LogP contribution in [0.25, 0.3) is 11.3 Å². The van der Waals surface area contributed by atoms with E-state index in [9.17, 15) is 14.7 Å². The molecule has 3 N–H and O–H groups in total. The molecule has 1 aliphatic heterocycles. The van der Waals surface area contributed by atoms with Gasteiger partial charge in [0.25, 0.3) is 5.91 Å². The summed E-state index contributed by atoms with van der Waals surface area (Å²) in [6.07, 6.45) is -0.151. The Morgan fingerprint density at radius 2 is 2.07 bits per heavy atom. The molecule has 1 aromatic carbocycles. The highest BCUT2D eigenvalue weighted by atomic mass is 16.3. The maximum Gasteiger partial charge on any atom is 0.269 e. The summed E-state index contributed by atoms with van der Waals surface area (Å²) in [7, 11) is 3.42. The normalized spacial score (nSPS) is 20.3. The molecule has 3 rings (SSSR count). The number of hydrogen-bond acceptors (Lipinski definition) is 5. The molecule has 8 heteroatoms. The molecule has 1 aliphatic rings. The minimum absolute atomic E-state index is 0.00409. The Balaban J connectivity index is 1.56. The van der Waals surface area contributed by atoms with Gasteiger partial charge in [-0.3, -0.25) is 19.6 Å². The van der Waals surface area contributed by atoms with E-state index in [4.69, 9.17) is 0 Å². The number of carbonyl (C=O) groups is 2. The first kappa shape index (κ1) is 19.1. The van der Waals surface area contributed by atoms with Gasteiger partial charge in [-0.15, -0.1) is 0 Å². The number of benzene rings is 1. The molecule has 2 amide bonds. The molecular formula is C19H25N5O3. The van der Waals surface area contributed by atoms with Crippen LogP contribution in [-0.2, 0) is 4.79 Å². The number of piperidine rings is 1. The molecule has 0 saturated carbocycles. The molecule has 1 aromatic heterocycles. The number of nitrogens with one attached hydrogen (secondary N) is 2. The number of nitrogens with zero attached hydrogens (tertiary/aromatic N) is 3. The van der Waals surface area contributed by atoms with E-state index >= 15 is 0 Å². The Morgan fingerprint density at radius 1 is 1.33 bits per heavy atom. The highest BCUT2D eigenvalue weighted by Gasteiger charge is 2.30. The van der Waals surface area contributed by atoms with Crippen LogP contribution in [0.3, 0.4) is 0 Å². The minimum Gasteiger partial charge on any atom is -0.390 e. The number of aliphatic hydroxyl groups is 1. The Bertz CT molecular complexity index is 790. The van der Waals surface area contributed by atoms with Crippen molar-refractivity contribution in [3.63, 3.8) is 0 Å². The largest absolute Gasteiger partial charge is 0.390 e. The summed E-state index contributed by atoms with van der Waals surface area (Å²) >= 11 is 0. The number of aromatic amines is 1. The zero-order chi connectivity index (χ0) is 19.4. The standard InChI is InChI=1S/C19H25N5O3/c1-23(2)18(26)12-24-9-8-14(17(25)11-24)20-19(27)16-10-15(21-22-16)13-6-4-3-5-7-13/h3-7,10,14,17,25H,8-9,11-12H2,1-2H3,(H,20,27)(H,21,22)/t14-,17-/m1/s1. The smallest absolute Gasteiger partial charge is 0.269 e. The number of likely N-dealkylation sites (tertiary alicyclic amines) is 1. The Hall–Kier alpha value is -2.71. The van der Waals surface area contributed by atoms with Crippen molar-refractivity contribution in [2.75, 3.05) is 33.7 Å². The Morgan fingerprint density at radius 3 is 2.74 bits per heavy atom. The van der Waals surface area contributed by atoms with E-state index in [1.807, 2.05) is 35.2 Å². The van der Waals surface area contributed by atoms with Crippen molar-refractivity contribution in [2.45, 2.75) is 18.6 Å². The predicted octanol–water partition coefficient (Wildman–Crippen LogP) is 0.330. The van der Waals surface area contributed by atoms with Gasteiger partial charge in [-0.05, 0) is 12.5 Å². The van der Waals surface area contributed by atoms with E-state index in [0.29, 0.717) is 30.9 Å². The zero-order valence-electron chi connectivity index (χ0n) is 15.6. The summed E-state index contributed by atoms with van der Waals surface area (Å²) in [5.41, 5.74) is 1.97. The second-order valence-corrected chi connectivity index (χ2v) is 6.99. The van der Waals surface area contributed by atoms with Gasteiger partial charge in [0, 0.05) is 32.7 Å². The summed E-state index contributed by atoms with van der Waals surface area (Å²) in [5.74, 6) is -0.304. The highest BCUT2D eigenvalue weighted by molar-refractivity contribution is 5.93. The average Bonchev–Trinajstić information content (AvgIpc) is 3.15. The van der Waals surface area contributed by atoms with E-state index in [1.54, 1.807) is 20.2 Å². The van der Waals surface area contributed by atoms with Crippen molar-refractivity contribution in [3.05, 3.63) is 42.1 Å². The second-order valence-electron chi connectivity index (χ2n) is 6.99. The van der Waals surface area contributed by atoms with Crippen molar-refractivity contribution < 1.29 is 14.7 Å². The fraction of sp³-hybridized carbons (Fsp3) is 0.421. The lowest BCUT2D eigenvalue weighted by Crippen LogP contribution is -2.55. The number of carbonyl (C=O) groups excluding carboxylic acids is 2. The third-order valence-electron chi connectivity index (χ3n) is 4.73. The average molecular weight is 371 g/mol. The monoisotopic (exact) mass is 371 g/mol. The summed E-state index contributed by atoms with van der Waals surface area (Å²) in [6, 6.07) is 10.9. The van der Waals surface area contributed by atoms with Crippen LogP contribution in [-0.4, -0.2) is 82.8 Å². The van der Waals surface area contributed by atoms with Crippen LogP contribution in [0.5, 0.6) is 0 Å².